The van der Waals surface area contributed by atoms with Crippen LogP contribution in [0.2, 0.25) is 5.02 Å². The topological polar surface area (TPSA) is 61.9 Å². The van der Waals surface area contributed by atoms with Crippen LogP contribution < -0.4 is 10.2 Å². The van der Waals surface area contributed by atoms with Crippen molar-refractivity contribution in [3.8, 4) is 0 Å². The average molecular weight is 340 g/mol. The Balaban J connectivity index is 1.96. The van der Waals surface area contributed by atoms with Gasteiger partial charge in [-0.15, -0.1) is 0 Å². The van der Waals surface area contributed by atoms with Crippen LogP contribution in [0.15, 0.2) is 18.2 Å². The van der Waals surface area contributed by atoms with Gasteiger partial charge in [0.25, 0.3) is 0 Å². The van der Waals surface area contributed by atoms with E-state index in [0.29, 0.717) is 43.3 Å². The number of hydrogen-bond acceptors (Lipinski definition) is 4. The van der Waals surface area contributed by atoms with Gasteiger partial charge in [0.1, 0.15) is 5.60 Å². The Labute approximate surface area is 141 Å². The fourth-order valence-electron chi connectivity index (χ4n) is 2.38. The molecule has 1 aliphatic heterocycles. The van der Waals surface area contributed by atoms with Crippen LogP contribution in [0, 0.1) is 0 Å². The van der Waals surface area contributed by atoms with Crippen LogP contribution in [-0.2, 0) is 9.53 Å². The second-order valence-corrected chi connectivity index (χ2v) is 6.79. The highest BCUT2D eigenvalue weighted by Crippen LogP contribution is 2.29. The lowest BCUT2D eigenvalue weighted by molar-refractivity contribution is -0.105. The molecule has 2 amide bonds. The van der Waals surface area contributed by atoms with E-state index in [1.807, 2.05) is 26.8 Å². The zero-order chi connectivity index (χ0) is 17.0. The first-order valence-corrected chi connectivity index (χ1v) is 7.90. The average Bonchev–Trinajstić information content (AvgIpc) is 2.46. The SMILES string of the molecule is CC(C)(C)OC(=O)N1CCN(c2ccc(NC=O)cc2Cl)CC1. The van der Waals surface area contributed by atoms with E-state index >= 15 is 0 Å². The van der Waals surface area contributed by atoms with E-state index in [9.17, 15) is 9.59 Å². The molecule has 1 saturated heterocycles. The molecule has 0 saturated carbocycles. The van der Waals surface area contributed by atoms with Crippen molar-refractivity contribution in [2.45, 2.75) is 26.4 Å². The molecule has 0 spiro atoms. The molecule has 1 N–H and O–H groups in total. The molecule has 0 bridgehead atoms. The van der Waals surface area contributed by atoms with Crippen molar-refractivity contribution in [3.05, 3.63) is 23.2 Å². The lowest BCUT2D eigenvalue weighted by Crippen LogP contribution is -2.50. The zero-order valence-electron chi connectivity index (χ0n) is 13.6. The molecular formula is C16H22ClN3O3. The summed E-state index contributed by atoms with van der Waals surface area (Å²) in [5.41, 5.74) is 1.06. The van der Waals surface area contributed by atoms with Crippen LogP contribution >= 0.6 is 11.6 Å². The second-order valence-electron chi connectivity index (χ2n) is 6.38. The molecule has 23 heavy (non-hydrogen) atoms. The second kappa shape index (κ2) is 7.08. The highest BCUT2D eigenvalue weighted by molar-refractivity contribution is 6.33. The Morgan fingerprint density at radius 1 is 1.26 bits per heavy atom. The van der Waals surface area contributed by atoms with Crippen LogP contribution in [0.1, 0.15) is 20.8 Å². The molecule has 1 heterocycles. The Hall–Kier alpha value is -1.95. The monoisotopic (exact) mass is 339 g/mol. The van der Waals surface area contributed by atoms with E-state index < -0.39 is 5.60 Å². The molecule has 6 nitrogen and oxygen atoms in total. The number of ether oxygens (including phenoxy) is 1. The van der Waals surface area contributed by atoms with Gasteiger partial charge in [-0.3, -0.25) is 4.79 Å². The number of nitrogens with zero attached hydrogens (tertiary/aromatic N) is 2. The summed E-state index contributed by atoms with van der Waals surface area (Å²) in [7, 11) is 0. The summed E-state index contributed by atoms with van der Waals surface area (Å²) in [6.07, 6.45) is 0.332. The molecule has 0 unspecified atom stereocenters. The number of hydrogen-bond donors (Lipinski definition) is 1. The van der Waals surface area contributed by atoms with Gasteiger partial charge in [-0.05, 0) is 39.0 Å². The maximum atomic E-state index is 12.1. The summed E-state index contributed by atoms with van der Waals surface area (Å²) >= 11 is 6.28. The summed E-state index contributed by atoms with van der Waals surface area (Å²) < 4.78 is 5.39. The molecule has 126 valence electrons. The fourth-order valence-corrected chi connectivity index (χ4v) is 2.68. The predicted molar refractivity (Wildman–Crippen MR) is 91.2 cm³/mol. The number of anilines is 2. The third-order valence-electron chi connectivity index (χ3n) is 3.45. The quantitative estimate of drug-likeness (QED) is 0.860. The van der Waals surface area contributed by atoms with Gasteiger partial charge in [0.05, 0.1) is 10.7 Å². The molecule has 2 rings (SSSR count). The minimum atomic E-state index is -0.487. The summed E-state index contributed by atoms with van der Waals surface area (Å²) in [5, 5.41) is 3.14. The van der Waals surface area contributed by atoms with Crippen molar-refractivity contribution in [2.75, 3.05) is 36.4 Å². The van der Waals surface area contributed by atoms with Crippen molar-refractivity contribution >= 4 is 35.5 Å². The Bertz CT molecular complexity index is 578. The highest BCUT2D eigenvalue weighted by atomic mass is 35.5. The first-order chi connectivity index (χ1) is 10.8. The first-order valence-electron chi connectivity index (χ1n) is 7.53. The van der Waals surface area contributed by atoms with Gasteiger partial charge in [-0.1, -0.05) is 11.6 Å². The van der Waals surface area contributed by atoms with Gasteiger partial charge < -0.3 is 19.9 Å². The summed E-state index contributed by atoms with van der Waals surface area (Å²) in [5.74, 6) is 0. The van der Waals surface area contributed by atoms with E-state index in [1.54, 1.807) is 17.0 Å². The standard InChI is InChI=1S/C16H22ClN3O3/c1-16(2,3)23-15(22)20-8-6-19(7-9-20)14-5-4-12(18-11-21)10-13(14)17/h4-5,10-11H,6-9H2,1-3H3,(H,18,21). The predicted octanol–water partition coefficient (Wildman–Crippen LogP) is 2.97. The van der Waals surface area contributed by atoms with Crippen LogP contribution in [0.5, 0.6) is 0 Å². The van der Waals surface area contributed by atoms with Gasteiger partial charge in [0.15, 0.2) is 0 Å². The minimum absolute atomic E-state index is 0.284. The van der Waals surface area contributed by atoms with Crippen LogP contribution in [0.25, 0.3) is 0 Å². The lowest BCUT2D eigenvalue weighted by atomic mass is 10.2. The number of amides is 2. The van der Waals surface area contributed by atoms with Crippen molar-refractivity contribution in [1.82, 2.24) is 4.90 Å². The minimum Gasteiger partial charge on any atom is -0.444 e. The first kappa shape index (κ1) is 17.4. The fraction of sp³-hybridized carbons (Fsp3) is 0.500. The van der Waals surface area contributed by atoms with Crippen LogP contribution in [0.4, 0.5) is 16.2 Å². The maximum Gasteiger partial charge on any atom is 0.410 e. The number of benzene rings is 1. The van der Waals surface area contributed by atoms with Crippen LogP contribution in [0.3, 0.4) is 0 Å². The molecule has 0 radical (unpaired) electrons. The molecule has 0 aliphatic carbocycles. The number of rotatable bonds is 3. The summed E-state index contributed by atoms with van der Waals surface area (Å²) in [4.78, 5) is 26.3. The summed E-state index contributed by atoms with van der Waals surface area (Å²) in [6.45, 7) is 8.10. The van der Waals surface area contributed by atoms with E-state index in [0.717, 1.165) is 5.69 Å². The maximum absolute atomic E-state index is 12.1. The van der Waals surface area contributed by atoms with Crippen molar-refractivity contribution in [3.63, 3.8) is 0 Å². The zero-order valence-corrected chi connectivity index (χ0v) is 14.4. The van der Waals surface area contributed by atoms with E-state index in [2.05, 4.69) is 10.2 Å². The van der Waals surface area contributed by atoms with Crippen molar-refractivity contribution in [2.24, 2.45) is 0 Å². The Morgan fingerprint density at radius 3 is 2.43 bits per heavy atom. The van der Waals surface area contributed by atoms with Gasteiger partial charge in [-0.25, -0.2) is 4.79 Å². The van der Waals surface area contributed by atoms with E-state index in [4.69, 9.17) is 16.3 Å². The largest absolute Gasteiger partial charge is 0.444 e. The number of halogens is 1. The number of carbonyl (C=O) groups is 2. The molecule has 1 aromatic rings. The van der Waals surface area contributed by atoms with Crippen LogP contribution in [-0.4, -0.2) is 49.2 Å². The van der Waals surface area contributed by atoms with E-state index in [1.165, 1.54) is 0 Å². The van der Waals surface area contributed by atoms with Gasteiger partial charge in [0, 0.05) is 31.9 Å². The molecule has 1 aromatic carbocycles. The molecule has 1 aliphatic rings. The van der Waals surface area contributed by atoms with Crippen molar-refractivity contribution in [1.29, 1.82) is 0 Å². The van der Waals surface area contributed by atoms with Crippen molar-refractivity contribution < 1.29 is 14.3 Å². The third kappa shape index (κ3) is 4.76. The van der Waals surface area contributed by atoms with Gasteiger partial charge in [-0.2, -0.15) is 0 Å². The third-order valence-corrected chi connectivity index (χ3v) is 3.75. The van der Waals surface area contributed by atoms with Gasteiger partial charge >= 0.3 is 6.09 Å². The Kier molecular flexibility index (Phi) is 5.36. The molecule has 0 atom stereocenters. The number of nitrogens with one attached hydrogen (secondary N) is 1. The molecular weight excluding hydrogens is 318 g/mol. The normalized spacial score (nSPS) is 15.3. The smallest absolute Gasteiger partial charge is 0.410 e. The molecule has 7 heteroatoms. The highest BCUT2D eigenvalue weighted by Gasteiger charge is 2.26. The summed E-state index contributed by atoms with van der Waals surface area (Å²) in [6, 6.07) is 5.39. The lowest BCUT2D eigenvalue weighted by Gasteiger charge is -2.37. The molecule has 0 aromatic heterocycles. The van der Waals surface area contributed by atoms with E-state index in [-0.39, 0.29) is 6.09 Å². The number of piperazine rings is 1. The molecule has 1 fully saturated rings. The Morgan fingerprint density at radius 2 is 1.91 bits per heavy atom. The number of carbonyl (C=O) groups excluding carboxylic acids is 2. The van der Waals surface area contributed by atoms with Gasteiger partial charge in [0.2, 0.25) is 6.41 Å².